The van der Waals surface area contributed by atoms with Crippen molar-refractivity contribution in [3.05, 3.63) is 65.7 Å². The molecule has 0 aromatic heterocycles. The van der Waals surface area contributed by atoms with Gasteiger partial charge in [-0.25, -0.2) is 0 Å². The van der Waals surface area contributed by atoms with Crippen molar-refractivity contribution in [3.8, 4) is 5.75 Å². The lowest BCUT2D eigenvalue weighted by Crippen LogP contribution is -2.56. The molecule has 0 bridgehead atoms. The number of ether oxygens (including phenoxy) is 2. The maximum Gasteiger partial charge on any atom is 0.308 e. The molecule has 3 amide bonds. The number of aliphatic hydroxyl groups excluding tert-OH is 1. The van der Waals surface area contributed by atoms with Crippen LogP contribution in [0.5, 0.6) is 5.75 Å². The highest BCUT2D eigenvalue weighted by molar-refractivity contribution is 5.98. The number of cyclic esters (lactones) is 1. The average Bonchev–Trinajstić information content (AvgIpc) is 2.85. The van der Waals surface area contributed by atoms with E-state index in [-0.39, 0.29) is 18.5 Å². The van der Waals surface area contributed by atoms with Gasteiger partial charge in [0.2, 0.25) is 11.8 Å². The van der Waals surface area contributed by atoms with E-state index in [4.69, 9.17) is 9.47 Å². The molecular formula is C25H29N3O7. The molecule has 4 N–H and O–H groups in total. The topological polar surface area (TPSA) is 143 Å². The summed E-state index contributed by atoms with van der Waals surface area (Å²) >= 11 is 0. The van der Waals surface area contributed by atoms with Gasteiger partial charge < -0.3 is 30.5 Å². The monoisotopic (exact) mass is 483 g/mol. The van der Waals surface area contributed by atoms with E-state index >= 15 is 0 Å². The minimum atomic E-state index is -1.27. The Kier molecular flexibility index (Phi) is 8.80. The van der Waals surface area contributed by atoms with E-state index in [1.54, 1.807) is 12.1 Å². The predicted molar refractivity (Wildman–Crippen MR) is 126 cm³/mol. The standard InChI is InChI=1S/C25H29N3O7/c1-15-23(28-24(32)17-8-10-18(34-2)11-9-17)25(33)26-14-21(30)27-19(20(29)13-22(31)35-15)12-16-6-4-3-5-7-16/h3-11,15,19-20,23,29H,12-14H2,1-2H3,(H,26,33)(H,27,30)(H,28,32)/t15-,19-,20+,23?/m1/s1. The lowest BCUT2D eigenvalue weighted by molar-refractivity contribution is -0.154. The Labute approximate surface area is 203 Å². The fraction of sp³-hybridized carbons (Fsp3) is 0.360. The first-order chi connectivity index (χ1) is 16.8. The van der Waals surface area contributed by atoms with Gasteiger partial charge in [0.05, 0.1) is 32.2 Å². The number of nitrogens with one attached hydrogen (secondary N) is 3. The van der Waals surface area contributed by atoms with E-state index in [1.807, 2.05) is 30.3 Å². The summed E-state index contributed by atoms with van der Waals surface area (Å²) in [5.74, 6) is -2.02. The van der Waals surface area contributed by atoms with Crippen LogP contribution in [0.3, 0.4) is 0 Å². The number of benzene rings is 2. The molecular weight excluding hydrogens is 454 g/mol. The maximum absolute atomic E-state index is 12.8. The molecule has 0 radical (unpaired) electrons. The molecule has 2 aromatic rings. The van der Waals surface area contributed by atoms with Crippen molar-refractivity contribution >= 4 is 23.7 Å². The van der Waals surface area contributed by atoms with Crippen LogP contribution >= 0.6 is 0 Å². The Bertz CT molecular complexity index is 1040. The normalized spacial score (nSPS) is 23.6. The molecule has 1 saturated heterocycles. The van der Waals surface area contributed by atoms with Crippen LogP contribution < -0.4 is 20.7 Å². The fourth-order valence-corrected chi connectivity index (χ4v) is 3.69. The summed E-state index contributed by atoms with van der Waals surface area (Å²) in [5.41, 5.74) is 1.12. The highest BCUT2D eigenvalue weighted by atomic mass is 16.5. The zero-order chi connectivity index (χ0) is 25.4. The van der Waals surface area contributed by atoms with Crippen molar-refractivity contribution in [2.45, 2.75) is 44.1 Å². The average molecular weight is 484 g/mol. The van der Waals surface area contributed by atoms with E-state index in [9.17, 15) is 24.3 Å². The van der Waals surface area contributed by atoms with Gasteiger partial charge in [-0.15, -0.1) is 0 Å². The maximum atomic E-state index is 12.8. The zero-order valence-corrected chi connectivity index (χ0v) is 19.5. The van der Waals surface area contributed by atoms with Crippen molar-refractivity contribution in [1.29, 1.82) is 0 Å². The van der Waals surface area contributed by atoms with Crippen LogP contribution in [-0.2, 0) is 25.5 Å². The summed E-state index contributed by atoms with van der Waals surface area (Å²) in [5, 5.41) is 18.3. The van der Waals surface area contributed by atoms with E-state index in [1.165, 1.54) is 26.2 Å². The SMILES string of the molecule is COc1ccc(C(=O)NC2C(=O)NCC(=O)N[C@H](Cc3ccccc3)[C@@H](O)CC(=O)O[C@@H]2C)cc1. The third kappa shape index (κ3) is 7.28. The van der Waals surface area contributed by atoms with Gasteiger partial charge in [-0.05, 0) is 43.2 Å². The molecule has 2 aromatic carbocycles. The molecule has 4 atom stereocenters. The molecule has 3 rings (SSSR count). The molecule has 35 heavy (non-hydrogen) atoms. The van der Waals surface area contributed by atoms with Crippen LogP contribution in [0, 0.1) is 0 Å². The van der Waals surface area contributed by atoms with Crippen LogP contribution in [0.2, 0.25) is 0 Å². The van der Waals surface area contributed by atoms with Gasteiger partial charge in [-0.3, -0.25) is 19.2 Å². The van der Waals surface area contributed by atoms with Gasteiger partial charge >= 0.3 is 5.97 Å². The Morgan fingerprint density at radius 2 is 1.80 bits per heavy atom. The Morgan fingerprint density at radius 3 is 2.46 bits per heavy atom. The first-order valence-corrected chi connectivity index (χ1v) is 11.2. The number of carbonyl (C=O) groups excluding carboxylic acids is 4. The lowest BCUT2D eigenvalue weighted by atomic mass is 9.99. The Balaban J connectivity index is 1.73. The summed E-state index contributed by atoms with van der Waals surface area (Å²) in [6.45, 7) is 1.07. The van der Waals surface area contributed by atoms with Gasteiger partial charge in [0.15, 0.2) is 0 Å². The second-order valence-electron chi connectivity index (χ2n) is 8.23. The predicted octanol–water partition coefficient (Wildman–Crippen LogP) is 0.334. The van der Waals surface area contributed by atoms with Crippen molar-refractivity contribution in [2.75, 3.05) is 13.7 Å². The quantitative estimate of drug-likeness (QED) is 0.449. The number of rotatable bonds is 5. The summed E-state index contributed by atoms with van der Waals surface area (Å²) in [6, 6.07) is 13.4. The van der Waals surface area contributed by atoms with Crippen LogP contribution in [-0.4, -0.2) is 66.7 Å². The zero-order valence-electron chi connectivity index (χ0n) is 19.5. The number of hydrogen-bond donors (Lipinski definition) is 4. The smallest absolute Gasteiger partial charge is 0.308 e. The second-order valence-corrected chi connectivity index (χ2v) is 8.23. The van der Waals surface area contributed by atoms with Crippen LogP contribution in [0.25, 0.3) is 0 Å². The highest BCUT2D eigenvalue weighted by Crippen LogP contribution is 2.14. The fourth-order valence-electron chi connectivity index (χ4n) is 3.69. The van der Waals surface area contributed by atoms with Crippen LogP contribution in [0.15, 0.2) is 54.6 Å². The molecule has 0 aliphatic carbocycles. The van der Waals surface area contributed by atoms with Gasteiger partial charge in [0, 0.05) is 5.56 Å². The van der Waals surface area contributed by atoms with Crippen LogP contribution in [0.4, 0.5) is 0 Å². The van der Waals surface area contributed by atoms with Gasteiger partial charge in [-0.2, -0.15) is 0 Å². The number of amides is 3. The third-order valence-electron chi connectivity index (χ3n) is 5.62. The number of esters is 1. The molecule has 1 unspecified atom stereocenters. The van der Waals surface area contributed by atoms with Crippen molar-refractivity contribution < 1.29 is 33.8 Å². The third-order valence-corrected chi connectivity index (χ3v) is 5.62. The highest BCUT2D eigenvalue weighted by Gasteiger charge is 2.33. The van der Waals surface area contributed by atoms with Crippen LogP contribution in [0.1, 0.15) is 29.3 Å². The summed E-state index contributed by atoms with van der Waals surface area (Å²) in [6.07, 6.45) is -2.40. The minimum absolute atomic E-state index is 0.264. The van der Waals surface area contributed by atoms with E-state index in [0.717, 1.165) is 5.56 Å². The summed E-state index contributed by atoms with van der Waals surface area (Å²) in [4.78, 5) is 50.6. The van der Waals surface area contributed by atoms with Gasteiger partial charge in [0.25, 0.3) is 5.91 Å². The molecule has 1 heterocycles. The van der Waals surface area contributed by atoms with E-state index < -0.39 is 54.4 Å². The first-order valence-electron chi connectivity index (χ1n) is 11.2. The second kappa shape index (κ2) is 12.0. The molecule has 0 saturated carbocycles. The van der Waals surface area contributed by atoms with Gasteiger partial charge in [0.1, 0.15) is 17.9 Å². The molecule has 1 aliphatic heterocycles. The molecule has 1 aliphatic rings. The Hall–Kier alpha value is -3.92. The number of carbonyl (C=O) groups is 4. The minimum Gasteiger partial charge on any atom is -0.497 e. The largest absolute Gasteiger partial charge is 0.497 e. The first kappa shape index (κ1) is 25.7. The molecule has 0 spiro atoms. The van der Waals surface area contributed by atoms with Crippen molar-refractivity contribution in [2.24, 2.45) is 0 Å². The van der Waals surface area contributed by atoms with E-state index in [0.29, 0.717) is 5.75 Å². The van der Waals surface area contributed by atoms with Gasteiger partial charge in [-0.1, -0.05) is 30.3 Å². The van der Waals surface area contributed by atoms with Crippen molar-refractivity contribution in [1.82, 2.24) is 16.0 Å². The van der Waals surface area contributed by atoms with Crippen molar-refractivity contribution in [3.63, 3.8) is 0 Å². The molecule has 10 heteroatoms. The lowest BCUT2D eigenvalue weighted by Gasteiger charge is -2.28. The molecule has 186 valence electrons. The number of aliphatic hydroxyl groups is 1. The Morgan fingerprint density at radius 1 is 1.11 bits per heavy atom. The summed E-state index contributed by atoms with van der Waals surface area (Å²) in [7, 11) is 1.50. The number of hydrogen-bond acceptors (Lipinski definition) is 7. The summed E-state index contributed by atoms with van der Waals surface area (Å²) < 4.78 is 10.4. The van der Waals surface area contributed by atoms with E-state index in [2.05, 4.69) is 16.0 Å². The molecule has 10 nitrogen and oxygen atoms in total. The number of methoxy groups -OCH3 is 1. The molecule has 1 fully saturated rings.